The molecule has 0 saturated carbocycles. The summed E-state index contributed by atoms with van der Waals surface area (Å²) in [5.41, 5.74) is 0. The predicted molar refractivity (Wildman–Crippen MR) is 335 cm³/mol. The molecule has 10 heteroatoms. The number of allylic oxidation sites excluding steroid dienone is 18. The van der Waals surface area contributed by atoms with E-state index >= 15 is 0 Å². The van der Waals surface area contributed by atoms with Crippen LogP contribution in [0.25, 0.3) is 0 Å². The van der Waals surface area contributed by atoms with Gasteiger partial charge in [0.25, 0.3) is 0 Å². The topological polar surface area (TPSA) is 108 Å². The molecule has 2 unspecified atom stereocenters. The maximum atomic E-state index is 12.8. The summed E-state index contributed by atoms with van der Waals surface area (Å²) in [6, 6.07) is 0. The number of phosphoric acid groups is 1. The molecule has 0 heterocycles. The Hall–Kier alpha value is -3.33. The minimum Gasteiger partial charge on any atom is -0.462 e. The van der Waals surface area contributed by atoms with Crippen LogP contribution in [-0.2, 0) is 32.7 Å². The largest absolute Gasteiger partial charge is 0.472 e. The van der Waals surface area contributed by atoms with Crippen LogP contribution < -0.4 is 0 Å². The molecule has 0 aliphatic rings. The minimum atomic E-state index is -4.39. The van der Waals surface area contributed by atoms with Gasteiger partial charge in [0.15, 0.2) is 6.10 Å². The first kappa shape index (κ1) is 74.7. The number of nitrogens with zero attached hydrogens (tertiary/aromatic N) is 1. The Labute approximate surface area is 480 Å². The average Bonchev–Trinajstić information content (AvgIpc) is 3.41. The van der Waals surface area contributed by atoms with Crippen molar-refractivity contribution in [1.29, 1.82) is 0 Å². The van der Waals surface area contributed by atoms with Crippen LogP contribution in [0.2, 0.25) is 0 Å². The first-order valence-corrected chi connectivity index (χ1v) is 33.1. The lowest BCUT2D eigenvalue weighted by molar-refractivity contribution is -0.870. The zero-order valence-electron chi connectivity index (χ0n) is 50.9. The van der Waals surface area contributed by atoms with Crippen molar-refractivity contribution in [3.05, 3.63) is 109 Å². The number of phosphoric ester groups is 1. The van der Waals surface area contributed by atoms with Crippen LogP contribution in [0.15, 0.2) is 109 Å². The highest BCUT2D eigenvalue weighted by Crippen LogP contribution is 2.43. The van der Waals surface area contributed by atoms with Crippen molar-refractivity contribution in [2.45, 2.75) is 264 Å². The van der Waals surface area contributed by atoms with Crippen molar-refractivity contribution in [2.75, 3.05) is 47.5 Å². The molecule has 448 valence electrons. The van der Waals surface area contributed by atoms with Crippen LogP contribution in [0.1, 0.15) is 258 Å². The van der Waals surface area contributed by atoms with Gasteiger partial charge < -0.3 is 18.9 Å². The van der Waals surface area contributed by atoms with E-state index in [-0.39, 0.29) is 32.0 Å². The SMILES string of the molecule is CC/C=C\C/C=C\C/C=C\C/C=C\C/C=C\C/C=C\C/C=C\CCCCCCCCCCCCCCCC(=O)OC(COC(=O)CCCCCCCCCCC/C=C\C/C=C\CCCCC)COP(=O)(O)OCC[N+](C)(C)C. The summed E-state index contributed by atoms with van der Waals surface area (Å²) in [6.07, 6.45) is 81.6. The summed E-state index contributed by atoms with van der Waals surface area (Å²) in [4.78, 5) is 35.8. The smallest absolute Gasteiger partial charge is 0.462 e. The number of hydrogen-bond donors (Lipinski definition) is 1. The molecule has 0 spiro atoms. The molecule has 0 bridgehead atoms. The number of likely N-dealkylation sites (N-methyl/N-ethyl adjacent to an activating group) is 1. The molecule has 0 aromatic carbocycles. The van der Waals surface area contributed by atoms with Gasteiger partial charge in [-0.05, 0) is 103 Å². The first-order valence-electron chi connectivity index (χ1n) is 31.6. The van der Waals surface area contributed by atoms with E-state index in [9.17, 15) is 19.0 Å². The lowest BCUT2D eigenvalue weighted by atomic mass is 10.0. The van der Waals surface area contributed by atoms with Crippen molar-refractivity contribution in [3.8, 4) is 0 Å². The van der Waals surface area contributed by atoms with Crippen LogP contribution in [0.4, 0.5) is 0 Å². The number of quaternary nitrogens is 1. The zero-order chi connectivity index (χ0) is 57.0. The van der Waals surface area contributed by atoms with Crippen molar-refractivity contribution in [3.63, 3.8) is 0 Å². The van der Waals surface area contributed by atoms with E-state index in [0.717, 1.165) is 89.9 Å². The van der Waals surface area contributed by atoms with Gasteiger partial charge >= 0.3 is 19.8 Å². The second-order valence-corrected chi connectivity index (χ2v) is 23.5. The fourth-order valence-corrected chi connectivity index (χ4v) is 9.18. The van der Waals surface area contributed by atoms with Crippen molar-refractivity contribution >= 4 is 19.8 Å². The Balaban J connectivity index is 4.10. The van der Waals surface area contributed by atoms with Gasteiger partial charge in [-0.15, -0.1) is 0 Å². The van der Waals surface area contributed by atoms with E-state index in [1.165, 1.54) is 135 Å². The molecule has 0 aliphatic heterocycles. The van der Waals surface area contributed by atoms with E-state index in [0.29, 0.717) is 17.4 Å². The molecule has 0 fully saturated rings. The quantitative estimate of drug-likeness (QED) is 0.0211. The monoisotopic (exact) mass is 1110 g/mol. The number of ether oxygens (including phenoxy) is 2. The highest BCUT2D eigenvalue weighted by Gasteiger charge is 2.27. The molecule has 9 nitrogen and oxygen atoms in total. The van der Waals surface area contributed by atoms with Gasteiger partial charge in [0, 0.05) is 12.8 Å². The van der Waals surface area contributed by atoms with Crippen molar-refractivity contribution in [2.24, 2.45) is 0 Å². The molecular formula is C68H119NO8P+. The van der Waals surface area contributed by atoms with E-state index < -0.39 is 26.5 Å². The Morgan fingerprint density at radius 1 is 0.410 bits per heavy atom. The molecule has 0 aromatic heterocycles. The Bertz CT molecular complexity index is 1680. The summed E-state index contributed by atoms with van der Waals surface area (Å²) in [7, 11) is 1.47. The number of carbonyl (C=O) groups is 2. The van der Waals surface area contributed by atoms with Gasteiger partial charge in [-0.3, -0.25) is 18.6 Å². The highest BCUT2D eigenvalue weighted by molar-refractivity contribution is 7.47. The van der Waals surface area contributed by atoms with Gasteiger partial charge in [-0.2, -0.15) is 0 Å². The van der Waals surface area contributed by atoms with Gasteiger partial charge in [-0.1, -0.05) is 252 Å². The minimum absolute atomic E-state index is 0.0269. The normalized spacial score (nSPS) is 14.0. The standard InChI is InChI=1S/C68H118NO8P/c1-6-8-10-12-14-16-18-20-22-24-26-27-28-29-30-31-32-33-34-35-36-37-38-39-40-41-43-45-47-49-51-53-55-57-59-61-68(71)77-66(65-76-78(72,73)75-63-62-69(3,4)5)64-74-67(70)60-58-56-54-52-50-48-46-44-42-25-23-21-19-17-15-13-11-9-7-2/h8,10,14-17,20-23,26-27,29-30,32-33,35-36,66H,6-7,9,11-13,18-19,24-25,28,31,34,37-65H2,1-5H3/p+1/b10-8-,16-14-,17-15-,22-20-,23-21-,27-26-,30-29-,33-32-,36-35-. The summed E-state index contributed by atoms with van der Waals surface area (Å²) >= 11 is 0. The van der Waals surface area contributed by atoms with Crippen LogP contribution >= 0.6 is 7.82 Å². The van der Waals surface area contributed by atoms with Gasteiger partial charge in [0.05, 0.1) is 27.7 Å². The maximum absolute atomic E-state index is 12.8. The number of carbonyl (C=O) groups excluding carboxylic acids is 2. The summed E-state index contributed by atoms with van der Waals surface area (Å²) in [6.45, 7) is 4.30. The number of esters is 2. The van der Waals surface area contributed by atoms with E-state index in [1.54, 1.807) is 0 Å². The third-order valence-electron chi connectivity index (χ3n) is 13.3. The Kier molecular flexibility index (Phi) is 55.8. The molecule has 0 radical (unpaired) electrons. The summed E-state index contributed by atoms with van der Waals surface area (Å²) in [5, 5.41) is 0. The maximum Gasteiger partial charge on any atom is 0.472 e. The van der Waals surface area contributed by atoms with E-state index in [2.05, 4.69) is 123 Å². The second kappa shape index (κ2) is 58.3. The van der Waals surface area contributed by atoms with Crippen LogP contribution in [0.5, 0.6) is 0 Å². The second-order valence-electron chi connectivity index (χ2n) is 22.1. The first-order chi connectivity index (χ1) is 38.0. The zero-order valence-corrected chi connectivity index (χ0v) is 51.8. The van der Waals surface area contributed by atoms with Crippen LogP contribution in [0, 0.1) is 0 Å². The molecule has 0 saturated heterocycles. The van der Waals surface area contributed by atoms with Crippen molar-refractivity contribution in [1.82, 2.24) is 0 Å². The third kappa shape index (κ3) is 61.9. The molecule has 2 atom stereocenters. The third-order valence-corrected chi connectivity index (χ3v) is 14.3. The molecular weight excluding hydrogens is 990 g/mol. The Morgan fingerprint density at radius 3 is 1.09 bits per heavy atom. The van der Waals surface area contributed by atoms with E-state index in [4.69, 9.17) is 18.5 Å². The van der Waals surface area contributed by atoms with Gasteiger partial charge in [0.2, 0.25) is 0 Å². The number of hydrogen-bond acceptors (Lipinski definition) is 7. The molecule has 0 rings (SSSR count). The van der Waals surface area contributed by atoms with Crippen LogP contribution in [-0.4, -0.2) is 74.9 Å². The molecule has 1 N–H and O–H groups in total. The van der Waals surface area contributed by atoms with E-state index in [1.807, 2.05) is 21.1 Å². The lowest BCUT2D eigenvalue weighted by Gasteiger charge is -2.24. The number of unbranched alkanes of at least 4 members (excludes halogenated alkanes) is 25. The molecule has 0 aliphatic carbocycles. The predicted octanol–water partition coefficient (Wildman–Crippen LogP) is 20.2. The molecule has 0 amide bonds. The highest BCUT2D eigenvalue weighted by atomic mass is 31.2. The van der Waals surface area contributed by atoms with Gasteiger partial charge in [0.1, 0.15) is 19.8 Å². The van der Waals surface area contributed by atoms with Gasteiger partial charge in [-0.25, -0.2) is 4.57 Å². The average molecular weight is 1110 g/mol. The summed E-state index contributed by atoms with van der Waals surface area (Å²) in [5.74, 6) is -0.803. The van der Waals surface area contributed by atoms with Crippen molar-refractivity contribution < 1.29 is 42.1 Å². The number of rotatable bonds is 57. The molecule has 0 aromatic rings. The Morgan fingerprint density at radius 2 is 0.731 bits per heavy atom. The summed E-state index contributed by atoms with van der Waals surface area (Å²) < 4.78 is 34.6. The lowest BCUT2D eigenvalue weighted by Crippen LogP contribution is -2.37. The fraction of sp³-hybridized carbons (Fsp3) is 0.706. The van der Waals surface area contributed by atoms with Crippen LogP contribution in [0.3, 0.4) is 0 Å². The fourth-order valence-electron chi connectivity index (χ4n) is 8.44. The molecule has 78 heavy (non-hydrogen) atoms.